The summed E-state index contributed by atoms with van der Waals surface area (Å²) >= 11 is 0. The van der Waals surface area contributed by atoms with Crippen molar-refractivity contribution in [2.24, 2.45) is 5.41 Å². The summed E-state index contributed by atoms with van der Waals surface area (Å²) < 4.78 is 10.4. The molecule has 0 spiro atoms. The van der Waals surface area contributed by atoms with E-state index in [2.05, 4.69) is 0 Å². The van der Waals surface area contributed by atoms with Crippen LogP contribution in [0.4, 0.5) is 0 Å². The highest BCUT2D eigenvalue weighted by Crippen LogP contribution is 2.19. The molecular weight excluding hydrogens is 460 g/mol. The van der Waals surface area contributed by atoms with Crippen molar-refractivity contribution in [3.63, 3.8) is 0 Å². The lowest BCUT2D eigenvalue weighted by molar-refractivity contribution is -0.154. The van der Waals surface area contributed by atoms with Gasteiger partial charge >= 0.3 is 23.9 Å². The molecule has 0 radical (unpaired) electrons. The zero-order valence-corrected chi connectivity index (χ0v) is 20.8. The molecule has 10 nitrogen and oxygen atoms in total. The zero-order valence-electron chi connectivity index (χ0n) is 20.8. The number of esters is 2. The van der Waals surface area contributed by atoms with E-state index in [0.29, 0.717) is 36.8 Å². The van der Waals surface area contributed by atoms with E-state index in [-0.39, 0.29) is 26.1 Å². The van der Waals surface area contributed by atoms with E-state index in [1.165, 1.54) is 0 Å². The van der Waals surface area contributed by atoms with Gasteiger partial charge in [0.25, 0.3) is 0 Å². The minimum atomic E-state index is -1.35. The average Bonchev–Trinajstić information content (AvgIpc) is 2.82. The lowest BCUT2D eigenvalue weighted by Crippen LogP contribution is -2.41. The van der Waals surface area contributed by atoms with Crippen molar-refractivity contribution < 1.29 is 49.1 Å². The fourth-order valence-electron chi connectivity index (χ4n) is 2.94. The molecule has 0 aliphatic carbocycles. The van der Waals surface area contributed by atoms with Crippen LogP contribution in [0.1, 0.15) is 78.1 Å². The van der Waals surface area contributed by atoms with Crippen LogP contribution >= 0.6 is 0 Å². The van der Waals surface area contributed by atoms with Gasteiger partial charge in [0.2, 0.25) is 0 Å². The summed E-state index contributed by atoms with van der Waals surface area (Å²) in [5.41, 5.74) is -0.640. The molecule has 4 N–H and O–H groups in total. The number of carbonyl (C=O) groups excluding carboxylic acids is 2. The maximum Gasteiger partial charge on any atom is 0.333 e. The van der Waals surface area contributed by atoms with Crippen LogP contribution in [0.15, 0.2) is 23.3 Å². The van der Waals surface area contributed by atoms with Crippen LogP contribution in [0.25, 0.3) is 0 Å². The molecule has 0 aromatic heterocycles. The lowest BCUT2D eigenvalue weighted by Gasteiger charge is -2.28. The van der Waals surface area contributed by atoms with Crippen LogP contribution in [0, 0.1) is 5.41 Å². The van der Waals surface area contributed by atoms with Gasteiger partial charge in [0.05, 0.1) is 18.6 Å². The maximum atomic E-state index is 12.2. The molecule has 0 heterocycles. The quantitative estimate of drug-likeness (QED) is 0.111. The average molecular weight is 501 g/mol. The second-order valence-electron chi connectivity index (χ2n) is 8.73. The van der Waals surface area contributed by atoms with Crippen molar-refractivity contribution in [1.82, 2.24) is 0 Å². The number of aliphatic hydroxyl groups excluding tert-OH is 2. The summed E-state index contributed by atoms with van der Waals surface area (Å²) in [5, 5.41) is 36.7. The Morgan fingerprint density at radius 1 is 0.657 bits per heavy atom. The highest BCUT2D eigenvalue weighted by atomic mass is 16.6. The summed E-state index contributed by atoms with van der Waals surface area (Å²) in [7, 11) is 0. The van der Waals surface area contributed by atoms with Crippen molar-refractivity contribution in [3.05, 3.63) is 23.3 Å². The first-order valence-corrected chi connectivity index (χ1v) is 11.9. The number of allylic oxidation sites excluding steroid dienone is 2. The van der Waals surface area contributed by atoms with E-state index in [0.717, 1.165) is 25.7 Å². The second kappa shape index (κ2) is 18.6. The van der Waals surface area contributed by atoms with Crippen molar-refractivity contribution in [1.29, 1.82) is 0 Å². The molecule has 0 fully saturated rings. The van der Waals surface area contributed by atoms with Crippen LogP contribution in [0.5, 0.6) is 0 Å². The van der Waals surface area contributed by atoms with Gasteiger partial charge in [-0.2, -0.15) is 0 Å². The Balaban J connectivity index is 4.54. The van der Waals surface area contributed by atoms with Crippen LogP contribution < -0.4 is 0 Å². The van der Waals surface area contributed by atoms with Crippen molar-refractivity contribution >= 4 is 23.9 Å². The molecule has 0 saturated heterocycles. The van der Waals surface area contributed by atoms with E-state index >= 15 is 0 Å². The van der Waals surface area contributed by atoms with Gasteiger partial charge in [-0.3, -0.25) is 9.59 Å². The van der Waals surface area contributed by atoms with Gasteiger partial charge in [-0.05, 0) is 52.4 Å². The Hall–Kier alpha value is -2.72. The molecule has 0 saturated carbocycles. The van der Waals surface area contributed by atoms with Crippen molar-refractivity contribution in [3.8, 4) is 0 Å². The predicted octanol–water partition coefficient (Wildman–Crippen LogP) is 3.01. The van der Waals surface area contributed by atoms with Gasteiger partial charge in [0.15, 0.2) is 0 Å². The normalized spacial score (nSPS) is 12.3. The highest BCUT2D eigenvalue weighted by molar-refractivity contribution is 5.88. The number of hydrogen-bond donors (Lipinski definition) is 4. The second-order valence-corrected chi connectivity index (χ2v) is 8.73. The minimum absolute atomic E-state index is 0.115. The molecule has 0 aliphatic rings. The van der Waals surface area contributed by atoms with E-state index in [1.54, 1.807) is 26.0 Å². The van der Waals surface area contributed by atoms with Crippen molar-refractivity contribution in [2.45, 2.75) is 78.1 Å². The summed E-state index contributed by atoms with van der Waals surface area (Å²) in [4.78, 5) is 45.4. The van der Waals surface area contributed by atoms with Gasteiger partial charge in [-0.1, -0.05) is 25.0 Å². The molecule has 0 rings (SSSR count). The number of aliphatic hydroxyl groups is 2. The first-order valence-electron chi connectivity index (χ1n) is 11.9. The summed E-state index contributed by atoms with van der Waals surface area (Å²) in [6, 6.07) is 0. The number of hydrogen-bond acceptors (Lipinski definition) is 8. The number of aliphatic carboxylic acids is 2. The molecule has 0 unspecified atom stereocenters. The summed E-state index contributed by atoms with van der Waals surface area (Å²) in [5.74, 6) is -2.91. The molecule has 200 valence electrons. The Bertz CT molecular complexity index is 677. The Morgan fingerprint density at radius 3 is 1.34 bits per heavy atom. The Kier molecular flexibility index (Phi) is 17.1. The maximum absolute atomic E-state index is 12.2. The van der Waals surface area contributed by atoms with E-state index in [1.807, 2.05) is 0 Å². The zero-order chi connectivity index (χ0) is 26.7. The largest absolute Gasteiger partial charge is 0.481 e. The first kappa shape index (κ1) is 32.3. The van der Waals surface area contributed by atoms with E-state index < -0.39 is 42.5 Å². The lowest BCUT2D eigenvalue weighted by atomic mass is 9.92. The molecule has 35 heavy (non-hydrogen) atoms. The Morgan fingerprint density at radius 2 is 1.03 bits per heavy atom. The van der Waals surface area contributed by atoms with E-state index in [9.17, 15) is 29.4 Å². The minimum Gasteiger partial charge on any atom is -0.481 e. The van der Waals surface area contributed by atoms with Gasteiger partial charge in [0, 0.05) is 24.0 Å². The molecule has 0 aliphatic heterocycles. The van der Waals surface area contributed by atoms with Gasteiger partial charge < -0.3 is 29.9 Å². The number of rotatable bonds is 20. The molecule has 10 heteroatoms. The molecule has 0 aromatic rings. The topological polar surface area (TPSA) is 168 Å². The van der Waals surface area contributed by atoms with Crippen LogP contribution in [0.3, 0.4) is 0 Å². The van der Waals surface area contributed by atoms with Crippen molar-refractivity contribution in [2.75, 3.05) is 26.4 Å². The standard InChI is InChI=1S/C25H40O10/c1-19(11-7-3-5-9-13-21(28)29)23(32)34-17-25(15-26,16-27)18-35-24(33)20(2)12-8-4-6-10-14-22(30)31/h11-12,26-27H,3-10,13-18H2,1-2H3,(H,28,29)(H,30,31). The third-order valence-electron chi connectivity index (χ3n) is 5.42. The molecule has 0 aromatic carbocycles. The molecular formula is C25H40O10. The SMILES string of the molecule is CC(=CCCCCCC(=O)O)C(=O)OCC(CO)(CO)COC(=O)C(C)=CCCCCCC(=O)O. The highest BCUT2D eigenvalue weighted by Gasteiger charge is 2.33. The third-order valence-corrected chi connectivity index (χ3v) is 5.42. The number of carbonyl (C=O) groups is 4. The smallest absolute Gasteiger partial charge is 0.333 e. The third kappa shape index (κ3) is 15.7. The fraction of sp³-hybridized carbons (Fsp3) is 0.680. The summed E-state index contributed by atoms with van der Waals surface area (Å²) in [6.07, 6.45) is 8.87. The molecule has 0 bridgehead atoms. The predicted molar refractivity (Wildman–Crippen MR) is 127 cm³/mol. The van der Waals surface area contributed by atoms with Gasteiger partial charge in [-0.25, -0.2) is 9.59 Å². The number of unbranched alkanes of at least 4 members (excludes halogenated alkanes) is 6. The monoisotopic (exact) mass is 500 g/mol. The molecule has 0 atom stereocenters. The van der Waals surface area contributed by atoms with E-state index in [4.69, 9.17) is 19.7 Å². The first-order chi connectivity index (χ1) is 16.6. The number of carboxylic acids is 2. The van der Waals surface area contributed by atoms with Crippen LogP contribution in [0.2, 0.25) is 0 Å². The summed E-state index contributed by atoms with van der Waals surface area (Å²) in [6.45, 7) is 1.33. The number of ether oxygens (including phenoxy) is 2. The van der Waals surface area contributed by atoms with Gasteiger partial charge in [-0.15, -0.1) is 0 Å². The van der Waals surface area contributed by atoms with Crippen LogP contribution in [-0.4, -0.2) is 70.7 Å². The Labute approximate surface area is 206 Å². The molecule has 0 amide bonds. The van der Waals surface area contributed by atoms with Gasteiger partial charge in [0.1, 0.15) is 13.2 Å². The van der Waals surface area contributed by atoms with Crippen LogP contribution in [-0.2, 0) is 28.7 Å². The number of carboxylic acid groups (broad SMARTS) is 2. The fourth-order valence-corrected chi connectivity index (χ4v) is 2.94.